The Bertz CT molecular complexity index is 1780. The molecule has 0 unspecified atom stereocenters. The predicted molar refractivity (Wildman–Crippen MR) is 268 cm³/mol. The van der Waals surface area contributed by atoms with Gasteiger partial charge in [0.05, 0.1) is 39.0 Å². The molecule has 10 nitrogen and oxygen atoms in total. The fourth-order valence-corrected chi connectivity index (χ4v) is 10.8. The van der Waals surface area contributed by atoms with Crippen LogP contribution in [0.5, 0.6) is 11.5 Å². The van der Waals surface area contributed by atoms with E-state index in [0.717, 1.165) is 82.5 Å². The molecule has 5 rings (SSSR count). The molecule has 362 valence electrons. The highest BCUT2D eigenvalue weighted by Crippen LogP contribution is 2.50. The van der Waals surface area contributed by atoms with Crippen molar-refractivity contribution in [1.29, 1.82) is 5.41 Å². The molecule has 0 spiro atoms. The Hall–Kier alpha value is -4.29. The standard InChI is InChI=1S/C38H51NO5.C14H24O2S.CH4O.CH2O/c1-3-9-28-10-12-31(13-11-28)33-20-23-36(34(26-33)27-39)44-38(41)32-16-14-29(15-17-32)30-18-21-35(22-19-30)42-24-7-5-6-8-25-43-37(40)4-2;1-13-7-5-6-8-14(13)17(3,4)12-11-16-10-9-15-2;2*1-2/h4,18-23,26-29,31-32,39H,2-3,5-17,24-25H2,1H3;5-8H,9-12H2,1-4H3;2H,1H3;1H2. The zero-order valence-electron chi connectivity index (χ0n) is 40.5. The first kappa shape index (κ1) is 56.8. The Labute approximate surface area is 393 Å². The minimum Gasteiger partial charge on any atom is -0.494 e. The molecule has 2 N–H and O–H groups in total. The second kappa shape index (κ2) is 33.2. The van der Waals surface area contributed by atoms with Gasteiger partial charge in [0.25, 0.3) is 0 Å². The molecule has 2 aliphatic carbocycles. The van der Waals surface area contributed by atoms with Gasteiger partial charge in [-0.1, -0.05) is 62.7 Å². The van der Waals surface area contributed by atoms with Crippen LogP contribution in [-0.2, 0) is 28.6 Å². The average Bonchev–Trinajstić information content (AvgIpc) is 3.34. The number of esters is 2. The van der Waals surface area contributed by atoms with Crippen LogP contribution in [0.1, 0.15) is 131 Å². The summed E-state index contributed by atoms with van der Waals surface area (Å²) in [5.74, 6) is 3.72. The summed E-state index contributed by atoms with van der Waals surface area (Å²) in [6, 6.07) is 23.1. The SMILES string of the molecule is C=CC(=O)OCCCCCCOc1ccc(C2CCC(C(=O)Oc3ccc(C4CCC(CCC)CC4)cc3C=N)CC2)cc1.C=O.CO.COCCOCCS(C)(C)c1ccccc1C. The molecule has 0 aliphatic heterocycles. The topological polar surface area (TPSA) is 141 Å². The molecule has 0 amide bonds. The first-order valence-electron chi connectivity index (χ1n) is 23.5. The van der Waals surface area contributed by atoms with E-state index in [2.05, 4.69) is 81.5 Å². The monoisotopic (exact) mass is 920 g/mol. The van der Waals surface area contributed by atoms with Crippen molar-refractivity contribution in [3.63, 3.8) is 0 Å². The van der Waals surface area contributed by atoms with Gasteiger partial charge in [0.2, 0.25) is 0 Å². The molecule has 0 heterocycles. The van der Waals surface area contributed by atoms with Crippen LogP contribution in [0.25, 0.3) is 0 Å². The maximum absolute atomic E-state index is 13.1. The van der Waals surface area contributed by atoms with Gasteiger partial charge in [0.15, 0.2) is 0 Å². The Kier molecular flexibility index (Phi) is 29.0. The molecule has 2 aliphatic rings. The van der Waals surface area contributed by atoms with Crippen molar-refractivity contribution in [1.82, 2.24) is 0 Å². The highest BCUT2D eigenvalue weighted by molar-refractivity contribution is 8.32. The van der Waals surface area contributed by atoms with Crippen molar-refractivity contribution in [3.8, 4) is 11.5 Å². The van der Waals surface area contributed by atoms with Crippen LogP contribution in [0.3, 0.4) is 0 Å². The van der Waals surface area contributed by atoms with Gasteiger partial charge in [-0.25, -0.2) is 14.8 Å². The van der Waals surface area contributed by atoms with Crippen LogP contribution in [0.15, 0.2) is 84.3 Å². The van der Waals surface area contributed by atoms with Gasteiger partial charge in [-0.2, -0.15) is 0 Å². The maximum atomic E-state index is 13.1. The summed E-state index contributed by atoms with van der Waals surface area (Å²) >= 11 is 0. The summed E-state index contributed by atoms with van der Waals surface area (Å²) in [4.78, 5) is 33.6. The van der Waals surface area contributed by atoms with E-state index < -0.39 is 10.0 Å². The number of aryl methyl sites for hydroxylation is 1. The smallest absolute Gasteiger partial charge is 0.330 e. The molecule has 2 saturated carbocycles. The Morgan fingerprint density at radius 3 is 2.02 bits per heavy atom. The summed E-state index contributed by atoms with van der Waals surface area (Å²) in [7, 11) is 1.96. The Balaban J connectivity index is 0.000000577. The Morgan fingerprint density at radius 2 is 1.40 bits per heavy atom. The normalized spacial score (nSPS) is 18.1. The third-order valence-corrected chi connectivity index (χ3v) is 15.2. The molecule has 0 bridgehead atoms. The van der Waals surface area contributed by atoms with Crippen molar-refractivity contribution in [2.75, 3.05) is 65.5 Å². The number of rotatable bonds is 23. The van der Waals surface area contributed by atoms with E-state index in [1.807, 2.05) is 25.0 Å². The highest BCUT2D eigenvalue weighted by atomic mass is 32.3. The lowest BCUT2D eigenvalue weighted by Gasteiger charge is -2.33. The van der Waals surface area contributed by atoms with Crippen LogP contribution < -0.4 is 9.47 Å². The van der Waals surface area contributed by atoms with Crippen LogP contribution in [0.2, 0.25) is 0 Å². The second-order valence-electron chi connectivity index (χ2n) is 17.2. The van der Waals surface area contributed by atoms with E-state index >= 15 is 0 Å². The molecular formula is C54H81NO9S. The number of hydrogen-bond donors (Lipinski definition) is 2. The first-order chi connectivity index (χ1) is 31.6. The highest BCUT2D eigenvalue weighted by Gasteiger charge is 2.29. The number of ether oxygens (including phenoxy) is 5. The van der Waals surface area contributed by atoms with E-state index in [4.69, 9.17) is 39.0 Å². The molecule has 0 atom stereocenters. The zero-order valence-corrected chi connectivity index (χ0v) is 41.3. The number of benzene rings is 3. The summed E-state index contributed by atoms with van der Waals surface area (Å²) in [5.41, 5.74) is 4.66. The van der Waals surface area contributed by atoms with Crippen LogP contribution in [0, 0.1) is 24.2 Å². The van der Waals surface area contributed by atoms with E-state index in [0.29, 0.717) is 49.6 Å². The number of aliphatic hydroxyl groups is 1. The molecule has 11 heteroatoms. The fraction of sp³-hybridized carbons (Fsp3) is 0.556. The fourth-order valence-electron chi connectivity index (χ4n) is 8.69. The first-order valence-corrected chi connectivity index (χ1v) is 26.1. The largest absolute Gasteiger partial charge is 0.494 e. The van der Waals surface area contributed by atoms with Gasteiger partial charge in [0, 0.05) is 37.8 Å². The molecule has 3 aromatic carbocycles. The van der Waals surface area contributed by atoms with Gasteiger partial charge in [-0.15, -0.1) is 0 Å². The lowest BCUT2D eigenvalue weighted by atomic mass is 9.77. The number of nitrogens with one attached hydrogen (secondary N) is 1. The van der Waals surface area contributed by atoms with Gasteiger partial charge >= 0.3 is 11.9 Å². The molecule has 0 radical (unpaired) electrons. The van der Waals surface area contributed by atoms with Gasteiger partial charge in [0.1, 0.15) is 18.3 Å². The lowest BCUT2D eigenvalue weighted by molar-refractivity contribution is -0.140. The van der Waals surface area contributed by atoms with Crippen molar-refractivity contribution in [2.24, 2.45) is 11.8 Å². The summed E-state index contributed by atoms with van der Waals surface area (Å²) in [6.07, 6.45) is 22.2. The molecular weight excluding hydrogens is 839 g/mol. The van der Waals surface area contributed by atoms with Crippen LogP contribution in [-0.4, -0.2) is 95.6 Å². The van der Waals surface area contributed by atoms with E-state index in [1.54, 1.807) is 7.11 Å². The van der Waals surface area contributed by atoms with Crippen LogP contribution >= 0.6 is 10.0 Å². The summed E-state index contributed by atoms with van der Waals surface area (Å²) in [6.45, 7) is 13.2. The van der Waals surface area contributed by atoms with Crippen molar-refractivity contribution in [2.45, 2.75) is 120 Å². The summed E-state index contributed by atoms with van der Waals surface area (Å²) in [5, 5.41) is 15.0. The molecule has 0 saturated heterocycles. The third-order valence-electron chi connectivity index (χ3n) is 12.4. The quantitative estimate of drug-likeness (QED) is 0.0312. The average molecular weight is 920 g/mol. The minimum absolute atomic E-state index is 0.102. The van der Waals surface area contributed by atoms with E-state index in [-0.39, 0.29) is 17.9 Å². The molecule has 2 fully saturated rings. The third kappa shape index (κ3) is 20.8. The van der Waals surface area contributed by atoms with E-state index in [1.165, 1.54) is 72.4 Å². The summed E-state index contributed by atoms with van der Waals surface area (Å²) < 4.78 is 27.3. The number of methoxy groups -OCH3 is 1. The number of carbonyl (C=O) groups excluding carboxylic acids is 3. The minimum atomic E-state index is -0.744. The van der Waals surface area contributed by atoms with Crippen molar-refractivity contribution >= 4 is 35.0 Å². The molecule has 0 aromatic heterocycles. The van der Waals surface area contributed by atoms with E-state index in [9.17, 15) is 9.59 Å². The van der Waals surface area contributed by atoms with Crippen molar-refractivity contribution in [3.05, 3.63) is 102 Å². The number of hydrogen-bond acceptors (Lipinski definition) is 10. The predicted octanol–water partition coefficient (Wildman–Crippen LogP) is 11.8. The second-order valence-corrected chi connectivity index (χ2v) is 21.2. The van der Waals surface area contributed by atoms with Crippen LogP contribution in [0.4, 0.5) is 0 Å². The molecule has 65 heavy (non-hydrogen) atoms. The van der Waals surface area contributed by atoms with Crippen molar-refractivity contribution < 1.29 is 43.2 Å². The number of aliphatic hydroxyl groups excluding tert-OH is 1. The van der Waals surface area contributed by atoms with Gasteiger partial charge in [-0.05, 0) is 166 Å². The molecule has 3 aromatic rings. The Morgan fingerprint density at radius 1 is 0.785 bits per heavy atom. The van der Waals surface area contributed by atoms with Gasteiger partial charge in [-0.3, -0.25) is 4.79 Å². The number of carbonyl (C=O) groups is 3. The zero-order chi connectivity index (χ0) is 47.9. The lowest BCUT2D eigenvalue weighted by Crippen LogP contribution is -2.25. The maximum Gasteiger partial charge on any atom is 0.330 e. The number of unbranched alkanes of at least 4 members (excludes halogenated alkanes) is 3. The van der Waals surface area contributed by atoms with Gasteiger partial charge < -0.3 is 39.0 Å².